The highest BCUT2D eigenvalue weighted by atomic mass is 32.2. The van der Waals surface area contributed by atoms with Crippen molar-refractivity contribution < 1.29 is 0 Å². The van der Waals surface area contributed by atoms with Gasteiger partial charge in [0.25, 0.3) is 0 Å². The number of rotatable bonds is 5. The average Bonchev–Trinajstić information content (AvgIpc) is 2.35. The highest BCUT2D eigenvalue weighted by Crippen LogP contribution is 2.31. The second kappa shape index (κ2) is 7.51. The lowest BCUT2D eigenvalue weighted by Crippen LogP contribution is -2.31. The van der Waals surface area contributed by atoms with Gasteiger partial charge in [-0.3, -0.25) is 0 Å². The third-order valence-electron chi connectivity index (χ3n) is 4.37. The smallest absolute Gasteiger partial charge is 0.125 e. The first-order valence-electron chi connectivity index (χ1n) is 8.73. The van der Waals surface area contributed by atoms with Crippen molar-refractivity contribution in [3.05, 3.63) is 35.4 Å². The molecule has 1 rings (SSSR count). The standard InChI is InChI=1S/C21H35BS/c1-15-11-16(2)19(23-14-20(4,5)6)12-18(15)22(10)13-17(3)21(7,8)9/h11-12H,3,13-14H2,1-2,4-10H3. The van der Waals surface area contributed by atoms with E-state index in [-0.39, 0.29) is 5.41 Å². The van der Waals surface area contributed by atoms with Crippen LogP contribution in [-0.4, -0.2) is 12.5 Å². The maximum absolute atomic E-state index is 4.32. The highest BCUT2D eigenvalue weighted by Gasteiger charge is 2.22. The molecule has 0 radical (unpaired) electrons. The molecule has 0 unspecified atom stereocenters. The fourth-order valence-electron chi connectivity index (χ4n) is 2.61. The summed E-state index contributed by atoms with van der Waals surface area (Å²) < 4.78 is 0. The van der Waals surface area contributed by atoms with Crippen molar-refractivity contribution in [1.82, 2.24) is 0 Å². The molecule has 1 aromatic carbocycles. The van der Waals surface area contributed by atoms with Crippen LogP contribution >= 0.6 is 11.8 Å². The van der Waals surface area contributed by atoms with E-state index >= 15 is 0 Å². The van der Waals surface area contributed by atoms with Gasteiger partial charge in [-0.2, -0.15) is 0 Å². The highest BCUT2D eigenvalue weighted by molar-refractivity contribution is 7.99. The predicted octanol–water partition coefficient (Wildman–Crippen LogP) is 6.38. The molecule has 0 aliphatic carbocycles. The fraction of sp³-hybridized carbons (Fsp3) is 0.619. The second-order valence-electron chi connectivity index (χ2n) is 9.28. The van der Waals surface area contributed by atoms with Gasteiger partial charge in [0.1, 0.15) is 0 Å². The van der Waals surface area contributed by atoms with Gasteiger partial charge in [-0.05, 0) is 36.6 Å². The summed E-state index contributed by atoms with van der Waals surface area (Å²) in [6.45, 7) is 25.4. The predicted molar refractivity (Wildman–Crippen MR) is 111 cm³/mol. The van der Waals surface area contributed by atoms with Gasteiger partial charge in [0.05, 0.1) is 0 Å². The van der Waals surface area contributed by atoms with Crippen molar-refractivity contribution in [3.63, 3.8) is 0 Å². The van der Waals surface area contributed by atoms with Crippen molar-refractivity contribution in [2.24, 2.45) is 10.8 Å². The van der Waals surface area contributed by atoms with Crippen LogP contribution in [0.5, 0.6) is 0 Å². The molecule has 0 aliphatic heterocycles. The SMILES string of the molecule is C=C(CB(C)c1cc(SCC(C)(C)C)c(C)cc1C)C(C)(C)C. The van der Waals surface area contributed by atoms with Crippen molar-refractivity contribution in [2.45, 2.75) is 73.4 Å². The molecule has 0 atom stereocenters. The summed E-state index contributed by atoms with van der Waals surface area (Å²) in [5, 5.41) is 0. The molecule has 0 saturated carbocycles. The molecule has 0 N–H and O–H groups in total. The zero-order valence-electron chi connectivity index (χ0n) is 16.8. The number of benzene rings is 1. The molecule has 2 heteroatoms. The summed E-state index contributed by atoms with van der Waals surface area (Å²) in [6, 6.07) is 4.79. The quantitative estimate of drug-likeness (QED) is 0.343. The molecule has 0 spiro atoms. The molecule has 0 saturated heterocycles. The minimum absolute atomic E-state index is 0.191. The van der Waals surface area contributed by atoms with Crippen molar-refractivity contribution in [3.8, 4) is 0 Å². The Bertz CT molecular complexity index is 558. The van der Waals surface area contributed by atoms with Crippen LogP contribution in [0.2, 0.25) is 13.1 Å². The van der Waals surface area contributed by atoms with E-state index < -0.39 is 0 Å². The lowest BCUT2D eigenvalue weighted by molar-refractivity contribution is 0.481. The third kappa shape index (κ3) is 6.41. The average molecular weight is 330 g/mol. The van der Waals surface area contributed by atoms with E-state index in [1.807, 2.05) is 11.8 Å². The summed E-state index contributed by atoms with van der Waals surface area (Å²) >= 11 is 2.00. The Morgan fingerprint density at radius 2 is 1.61 bits per heavy atom. The Labute approximate surface area is 149 Å². The van der Waals surface area contributed by atoms with E-state index in [9.17, 15) is 0 Å². The van der Waals surface area contributed by atoms with E-state index in [2.05, 4.69) is 80.9 Å². The molecule has 0 amide bonds. The summed E-state index contributed by atoms with van der Waals surface area (Å²) in [7, 11) is 0. The third-order valence-corrected chi connectivity index (χ3v) is 6.13. The van der Waals surface area contributed by atoms with Gasteiger partial charge in [-0.15, -0.1) is 18.3 Å². The van der Waals surface area contributed by atoms with Crippen LogP contribution in [-0.2, 0) is 0 Å². The molecule has 23 heavy (non-hydrogen) atoms. The number of hydrogen-bond acceptors (Lipinski definition) is 1. The van der Waals surface area contributed by atoms with E-state index in [4.69, 9.17) is 0 Å². The maximum Gasteiger partial charge on any atom is 0.177 e. The van der Waals surface area contributed by atoms with Crippen molar-refractivity contribution in [1.29, 1.82) is 0 Å². The first-order valence-corrected chi connectivity index (χ1v) is 9.72. The molecule has 0 nitrogen and oxygen atoms in total. The number of hydrogen-bond donors (Lipinski definition) is 0. The van der Waals surface area contributed by atoms with E-state index in [1.165, 1.54) is 27.1 Å². The van der Waals surface area contributed by atoms with Crippen molar-refractivity contribution in [2.75, 3.05) is 5.75 Å². The van der Waals surface area contributed by atoms with Crippen LogP contribution in [0.15, 0.2) is 29.2 Å². The van der Waals surface area contributed by atoms with Gasteiger partial charge in [0.2, 0.25) is 0 Å². The van der Waals surface area contributed by atoms with E-state index in [0.29, 0.717) is 12.1 Å². The molecule has 1 aromatic rings. The zero-order valence-corrected chi connectivity index (χ0v) is 17.6. The zero-order chi connectivity index (χ0) is 18.0. The van der Waals surface area contributed by atoms with Crippen LogP contribution in [0.3, 0.4) is 0 Å². The largest absolute Gasteiger partial charge is 0.177 e. The van der Waals surface area contributed by atoms with Crippen LogP contribution < -0.4 is 5.46 Å². The lowest BCUT2D eigenvalue weighted by Gasteiger charge is -2.25. The molecule has 0 bridgehead atoms. The van der Waals surface area contributed by atoms with Crippen LogP contribution in [0.1, 0.15) is 52.7 Å². The number of aryl methyl sites for hydroxylation is 2. The Hall–Kier alpha value is -0.625. The van der Waals surface area contributed by atoms with Gasteiger partial charge in [-0.25, -0.2) is 0 Å². The lowest BCUT2D eigenvalue weighted by atomic mass is 9.42. The first kappa shape index (κ1) is 20.4. The summed E-state index contributed by atoms with van der Waals surface area (Å²) in [5.41, 5.74) is 6.19. The van der Waals surface area contributed by atoms with Gasteiger partial charge in [-0.1, -0.05) is 77.1 Å². The van der Waals surface area contributed by atoms with Crippen LogP contribution in [0, 0.1) is 24.7 Å². The fourth-order valence-corrected chi connectivity index (χ4v) is 3.70. The Kier molecular flexibility index (Phi) is 6.67. The van der Waals surface area contributed by atoms with Crippen LogP contribution in [0.25, 0.3) is 0 Å². The first-order chi connectivity index (χ1) is 10.3. The minimum Gasteiger partial charge on any atom is -0.125 e. The topological polar surface area (TPSA) is 0 Å². The Morgan fingerprint density at radius 1 is 1.04 bits per heavy atom. The number of allylic oxidation sites excluding steroid dienone is 1. The van der Waals surface area contributed by atoms with Gasteiger partial charge in [0, 0.05) is 10.6 Å². The molecule has 128 valence electrons. The monoisotopic (exact) mass is 330 g/mol. The molecule has 0 fully saturated rings. The molecular weight excluding hydrogens is 295 g/mol. The minimum atomic E-state index is 0.191. The Morgan fingerprint density at radius 3 is 2.09 bits per heavy atom. The van der Waals surface area contributed by atoms with Crippen molar-refractivity contribution >= 4 is 23.9 Å². The van der Waals surface area contributed by atoms with Crippen LogP contribution in [0.4, 0.5) is 0 Å². The maximum atomic E-state index is 4.32. The molecule has 0 aromatic heterocycles. The van der Waals surface area contributed by atoms with Gasteiger partial charge in [0.15, 0.2) is 6.71 Å². The van der Waals surface area contributed by atoms with E-state index in [0.717, 1.165) is 12.1 Å². The normalized spacial score (nSPS) is 12.4. The molecule has 0 aliphatic rings. The van der Waals surface area contributed by atoms with Gasteiger partial charge >= 0.3 is 0 Å². The molecular formula is C21H35BS. The summed E-state index contributed by atoms with van der Waals surface area (Å²) in [4.78, 5) is 1.44. The molecule has 0 heterocycles. The number of thioether (sulfide) groups is 1. The second-order valence-corrected chi connectivity index (χ2v) is 10.3. The Balaban J connectivity index is 3.00. The summed E-state index contributed by atoms with van der Waals surface area (Å²) in [6.07, 6.45) is 1.07. The van der Waals surface area contributed by atoms with E-state index in [1.54, 1.807) is 0 Å². The van der Waals surface area contributed by atoms with Gasteiger partial charge < -0.3 is 0 Å². The summed E-state index contributed by atoms with van der Waals surface area (Å²) in [5.74, 6) is 1.15.